The molecule has 0 aliphatic rings. The van der Waals surface area contributed by atoms with E-state index in [-0.39, 0.29) is 12.4 Å². The Labute approximate surface area is 159 Å². The predicted octanol–water partition coefficient (Wildman–Crippen LogP) is 4.83. The maximum absolute atomic E-state index is 6.18. The van der Waals surface area contributed by atoms with Crippen molar-refractivity contribution >= 4 is 35.6 Å². The summed E-state index contributed by atoms with van der Waals surface area (Å²) < 4.78 is 9.38. The summed E-state index contributed by atoms with van der Waals surface area (Å²) in [5.74, 6) is 0. The van der Waals surface area contributed by atoms with Crippen LogP contribution in [0.15, 0.2) is 29.4 Å². The average molecular weight is 393 g/mol. The maximum Gasteiger partial charge on any atom is 0.210 e. The number of aryl methyl sites for hydroxylation is 1. The topological polar surface area (TPSA) is 31.4 Å². The first-order valence-corrected chi connectivity index (χ1v) is 8.46. The number of nitrogens with zero attached hydrogens (tertiary/aromatic N) is 3. The van der Waals surface area contributed by atoms with E-state index in [0.29, 0.717) is 29.2 Å². The molecule has 0 spiro atoms. The number of rotatable bonds is 6. The molecule has 24 heavy (non-hydrogen) atoms. The highest BCUT2D eigenvalue weighted by Gasteiger charge is 2.12. The molecule has 7 heteroatoms. The van der Waals surface area contributed by atoms with Crippen molar-refractivity contribution in [1.82, 2.24) is 9.13 Å². The quantitative estimate of drug-likeness (QED) is 0.648. The van der Waals surface area contributed by atoms with Crippen LogP contribution in [-0.2, 0) is 4.74 Å². The molecule has 1 aromatic carbocycles. The molecular weight excluding hydrogens is 369 g/mol. The van der Waals surface area contributed by atoms with Crippen LogP contribution >= 0.6 is 35.6 Å². The molecule has 0 saturated heterocycles. The van der Waals surface area contributed by atoms with Crippen molar-refractivity contribution in [3.63, 3.8) is 0 Å². The van der Waals surface area contributed by atoms with Gasteiger partial charge in [-0.25, -0.2) is 0 Å². The molecule has 2 rings (SSSR count). The zero-order chi connectivity index (χ0) is 17.0. The van der Waals surface area contributed by atoms with Crippen LogP contribution in [0.25, 0.3) is 5.69 Å². The monoisotopic (exact) mass is 391 g/mol. The minimum absolute atomic E-state index is 0. The SMILES string of the molecule is COCCCN=c1n(C(C)C)cc(C)n1-c1ccc(Cl)c(Cl)c1.Cl. The number of benzene rings is 1. The number of methoxy groups -OCH3 is 1. The van der Waals surface area contributed by atoms with E-state index in [2.05, 4.69) is 36.1 Å². The zero-order valence-corrected chi connectivity index (χ0v) is 16.8. The lowest BCUT2D eigenvalue weighted by atomic mass is 10.3. The Morgan fingerprint density at radius 1 is 1.21 bits per heavy atom. The van der Waals surface area contributed by atoms with Gasteiger partial charge in [0.05, 0.1) is 15.7 Å². The molecule has 0 aliphatic heterocycles. The molecule has 0 aliphatic carbocycles. The minimum atomic E-state index is 0. The van der Waals surface area contributed by atoms with Crippen molar-refractivity contribution < 1.29 is 4.74 Å². The lowest BCUT2D eigenvalue weighted by Crippen LogP contribution is -2.27. The summed E-state index contributed by atoms with van der Waals surface area (Å²) in [5, 5.41) is 1.09. The second-order valence-corrected chi connectivity index (χ2v) is 6.55. The first kappa shape index (κ1) is 21.1. The molecule has 1 aromatic heterocycles. The Hall–Kier alpha value is -0.940. The van der Waals surface area contributed by atoms with Gasteiger partial charge in [0.25, 0.3) is 0 Å². The molecule has 0 radical (unpaired) electrons. The predicted molar refractivity (Wildman–Crippen MR) is 103 cm³/mol. The summed E-state index contributed by atoms with van der Waals surface area (Å²) in [4.78, 5) is 4.78. The lowest BCUT2D eigenvalue weighted by molar-refractivity contribution is 0.196. The van der Waals surface area contributed by atoms with Gasteiger partial charge in [0.15, 0.2) is 0 Å². The standard InChI is InChI=1S/C17H23Cl2N3O.ClH/c1-12(2)21-11-13(3)22(17(21)20-8-5-9-23-4)14-6-7-15(18)16(19)10-14;/h6-7,10-12H,5,8-9H2,1-4H3;1H. The molecular formula is C17H24Cl3N3O. The van der Waals surface area contributed by atoms with Crippen LogP contribution in [0.5, 0.6) is 0 Å². The summed E-state index contributed by atoms with van der Waals surface area (Å²) in [7, 11) is 1.71. The van der Waals surface area contributed by atoms with Crippen molar-refractivity contribution in [2.45, 2.75) is 33.2 Å². The molecule has 2 aromatic rings. The van der Waals surface area contributed by atoms with Crippen LogP contribution in [0.4, 0.5) is 0 Å². The molecule has 0 bridgehead atoms. The molecule has 0 saturated carbocycles. The number of imidazole rings is 1. The van der Waals surface area contributed by atoms with Crippen LogP contribution in [0.1, 0.15) is 32.0 Å². The third-order valence-corrected chi connectivity index (χ3v) is 4.33. The Morgan fingerprint density at radius 3 is 2.50 bits per heavy atom. The molecule has 1 heterocycles. The van der Waals surface area contributed by atoms with E-state index in [1.54, 1.807) is 7.11 Å². The number of halogens is 3. The van der Waals surface area contributed by atoms with E-state index in [1.165, 1.54) is 0 Å². The normalized spacial score (nSPS) is 11.9. The van der Waals surface area contributed by atoms with Crippen molar-refractivity contribution in [1.29, 1.82) is 0 Å². The summed E-state index contributed by atoms with van der Waals surface area (Å²) in [6.45, 7) is 7.78. The van der Waals surface area contributed by atoms with Crippen molar-refractivity contribution in [2.24, 2.45) is 4.99 Å². The molecule has 134 valence electrons. The Balaban J connectivity index is 0.00000288. The van der Waals surface area contributed by atoms with E-state index in [9.17, 15) is 0 Å². The number of hydrogen-bond donors (Lipinski definition) is 0. The second-order valence-electron chi connectivity index (χ2n) is 5.73. The smallest absolute Gasteiger partial charge is 0.210 e. The van der Waals surface area contributed by atoms with Crippen LogP contribution in [-0.4, -0.2) is 29.4 Å². The summed E-state index contributed by atoms with van der Waals surface area (Å²) >= 11 is 12.2. The van der Waals surface area contributed by atoms with E-state index < -0.39 is 0 Å². The molecule has 0 atom stereocenters. The minimum Gasteiger partial charge on any atom is -0.385 e. The van der Waals surface area contributed by atoms with Gasteiger partial charge in [0, 0.05) is 38.2 Å². The highest BCUT2D eigenvalue weighted by molar-refractivity contribution is 6.42. The van der Waals surface area contributed by atoms with Gasteiger partial charge >= 0.3 is 0 Å². The average Bonchev–Trinajstić information content (AvgIpc) is 2.83. The van der Waals surface area contributed by atoms with Gasteiger partial charge in [0.2, 0.25) is 5.62 Å². The maximum atomic E-state index is 6.18. The van der Waals surface area contributed by atoms with Crippen LogP contribution < -0.4 is 5.62 Å². The van der Waals surface area contributed by atoms with Gasteiger partial charge in [-0.05, 0) is 45.4 Å². The van der Waals surface area contributed by atoms with Crippen molar-refractivity contribution in [3.8, 4) is 5.69 Å². The van der Waals surface area contributed by atoms with Crippen LogP contribution in [0.3, 0.4) is 0 Å². The van der Waals surface area contributed by atoms with Gasteiger partial charge in [-0.2, -0.15) is 0 Å². The van der Waals surface area contributed by atoms with Gasteiger partial charge in [-0.1, -0.05) is 23.2 Å². The van der Waals surface area contributed by atoms with E-state index in [4.69, 9.17) is 32.9 Å². The van der Waals surface area contributed by atoms with Gasteiger partial charge in [0.1, 0.15) is 0 Å². The number of hydrogen-bond acceptors (Lipinski definition) is 2. The first-order valence-electron chi connectivity index (χ1n) is 7.71. The molecule has 0 amide bonds. The fourth-order valence-electron chi connectivity index (χ4n) is 2.45. The van der Waals surface area contributed by atoms with Crippen LogP contribution in [0.2, 0.25) is 10.0 Å². The van der Waals surface area contributed by atoms with Crippen molar-refractivity contribution in [3.05, 3.63) is 45.8 Å². The Kier molecular flexibility index (Phi) is 8.37. The summed E-state index contributed by atoms with van der Waals surface area (Å²) in [6.07, 6.45) is 3.00. The van der Waals surface area contributed by atoms with Gasteiger partial charge < -0.3 is 9.30 Å². The van der Waals surface area contributed by atoms with E-state index in [1.807, 2.05) is 18.2 Å². The highest BCUT2D eigenvalue weighted by Crippen LogP contribution is 2.24. The van der Waals surface area contributed by atoms with Crippen molar-refractivity contribution in [2.75, 3.05) is 20.3 Å². The number of ether oxygens (including phenoxy) is 1. The molecule has 0 N–H and O–H groups in total. The highest BCUT2D eigenvalue weighted by atomic mass is 35.5. The Morgan fingerprint density at radius 2 is 1.92 bits per heavy atom. The third kappa shape index (κ3) is 4.79. The fraction of sp³-hybridized carbons (Fsp3) is 0.471. The third-order valence-electron chi connectivity index (χ3n) is 3.59. The van der Waals surface area contributed by atoms with E-state index >= 15 is 0 Å². The lowest BCUT2D eigenvalue weighted by Gasteiger charge is -2.10. The van der Waals surface area contributed by atoms with Gasteiger partial charge in [-0.15, -0.1) is 12.4 Å². The zero-order valence-electron chi connectivity index (χ0n) is 14.4. The van der Waals surface area contributed by atoms with E-state index in [0.717, 1.165) is 23.4 Å². The Bertz CT molecular complexity index is 735. The summed E-state index contributed by atoms with van der Waals surface area (Å²) in [5.41, 5.74) is 2.97. The fourth-order valence-corrected chi connectivity index (χ4v) is 2.75. The summed E-state index contributed by atoms with van der Waals surface area (Å²) in [6, 6.07) is 5.96. The molecule has 4 nitrogen and oxygen atoms in total. The molecule has 0 fully saturated rings. The largest absolute Gasteiger partial charge is 0.385 e. The van der Waals surface area contributed by atoms with Gasteiger partial charge in [-0.3, -0.25) is 9.56 Å². The molecule has 0 unspecified atom stereocenters. The van der Waals surface area contributed by atoms with Crippen LogP contribution in [0, 0.1) is 6.92 Å². The second kappa shape index (κ2) is 9.52. The number of aromatic nitrogens is 2. The first-order chi connectivity index (χ1) is 11.0.